The summed E-state index contributed by atoms with van der Waals surface area (Å²) in [6.45, 7) is 1.46. The van der Waals surface area contributed by atoms with Crippen molar-refractivity contribution in [1.82, 2.24) is 3.97 Å². The van der Waals surface area contributed by atoms with Gasteiger partial charge >= 0.3 is 5.97 Å². The van der Waals surface area contributed by atoms with Gasteiger partial charge in [-0.05, 0) is 55.0 Å². The molecule has 0 atom stereocenters. The van der Waals surface area contributed by atoms with Crippen molar-refractivity contribution in [2.24, 2.45) is 5.73 Å². The summed E-state index contributed by atoms with van der Waals surface area (Å²) in [7, 11) is -7.70. The number of primary amides is 1. The first-order chi connectivity index (χ1) is 13.8. The van der Waals surface area contributed by atoms with Crippen LogP contribution in [0.4, 0.5) is 0 Å². The van der Waals surface area contributed by atoms with Crippen LogP contribution >= 0.6 is 0 Å². The molecule has 0 spiro atoms. The number of sulfone groups is 1. The molecular weight excluding hydrogens is 432 g/mol. The molecule has 0 unspecified atom stereocenters. The third kappa shape index (κ3) is 3.68. The van der Waals surface area contributed by atoms with E-state index in [0.29, 0.717) is 0 Å². The highest BCUT2D eigenvalue weighted by Crippen LogP contribution is 2.31. The first kappa shape index (κ1) is 21.5. The van der Waals surface area contributed by atoms with E-state index in [2.05, 4.69) is 0 Å². The smallest absolute Gasteiger partial charge is 0.307 e. The average molecular weight is 450 g/mol. The molecule has 1 amide bonds. The van der Waals surface area contributed by atoms with Crippen molar-refractivity contribution in [3.05, 3.63) is 59.3 Å². The van der Waals surface area contributed by atoms with E-state index in [9.17, 15) is 31.5 Å². The molecule has 3 rings (SSSR count). The summed E-state index contributed by atoms with van der Waals surface area (Å²) < 4.78 is 50.9. The van der Waals surface area contributed by atoms with Gasteiger partial charge in [0.15, 0.2) is 9.84 Å². The van der Waals surface area contributed by atoms with Gasteiger partial charge in [0.25, 0.3) is 10.0 Å². The number of carbonyl (C=O) groups excluding carboxylic acids is 1. The van der Waals surface area contributed by atoms with E-state index in [1.54, 1.807) is 0 Å². The number of carbonyl (C=O) groups is 2. The first-order valence-electron chi connectivity index (χ1n) is 8.55. The predicted octanol–water partition coefficient (Wildman–Crippen LogP) is 1.32. The summed E-state index contributed by atoms with van der Waals surface area (Å²) in [6, 6.07) is 8.82. The number of hydrogen-bond acceptors (Lipinski definition) is 6. The topological polar surface area (TPSA) is 154 Å². The van der Waals surface area contributed by atoms with E-state index in [1.807, 2.05) is 0 Å². The Kier molecular flexibility index (Phi) is 5.21. The number of carboxylic acids is 1. The molecule has 0 saturated carbocycles. The first-order valence-corrected chi connectivity index (χ1v) is 11.9. The molecule has 2 aromatic carbocycles. The lowest BCUT2D eigenvalue weighted by Gasteiger charge is -2.11. The molecule has 9 nitrogen and oxygen atoms in total. The highest BCUT2D eigenvalue weighted by Gasteiger charge is 2.26. The quantitative estimate of drug-likeness (QED) is 0.574. The van der Waals surface area contributed by atoms with Gasteiger partial charge in [0, 0.05) is 22.9 Å². The number of rotatable bonds is 6. The van der Waals surface area contributed by atoms with E-state index >= 15 is 0 Å². The lowest BCUT2D eigenvalue weighted by atomic mass is 10.1. The van der Waals surface area contributed by atoms with Gasteiger partial charge in [-0.1, -0.05) is 0 Å². The van der Waals surface area contributed by atoms with Crippen molar-refractivity contribution in [3.8, 4) is 0 Å². The summed E-state index contributed by atoms with van der Waals surface area (Å²) in [6.07, 6.45) is 0.550. The van der Waals surface area contributed by atoms with Gasteiger partial charge in [-0.25, -0.2) is 20.8 Å². The van der Waals surface area contributed by atoms with Crippen LogP contribution in [-0.2, 0) is 31.1 Å². The van der Waals surface area contributed by atoms with Crippen LogP contribution in [0.2, 0.25) is 0 Å². The third-order valence-corrected chi connectivity index (χ3v) is 7.63. The van der Waals surface area contributed by atoms with E-state index in [4.69, 9.17) is 5.73 Å². The zero-order chi connectivity index (χ0) is 22.4. The van der Waals surface area contributed by atoms with Crippen molar-refractivity contribution >= 4 is 42.6 Å². The maximum Gasteiger partial charge on any atom is 0.307 e. The van der Waals surface area contributed by atoms with Crippen LogP contribution in [0.5, 0.6) is 0 Å². The van der Waals surface area contributed by atoms with E-state index in [-0.39, 0.29) is 37.5 Å². The van der Waals surface area contributed by atoms with E-state index in [1.165, 1.54) is 49.4 Å². The number of benzene rings is 2. The minimum absolute atomic E-state index is 0.0341. The van der Waals surface area contributed by atoms with Gasteiger partial charge in [-0.3, -0.25) is 9.59 Å². The molecule has 158 valence electrons. The van der Waals surface area contributed by atoms with Crippen molar-refractivity contribution in [2.45, 2.75) is 23.1 Å². The van der Waals surface area contributed by atoms with Crippen LogP contribution in [-0.4, -0.2) is 44.0 Å². The summed E-state index contributed by atoms with van der Waals surface area (Å²) in [5, 5.41) is 9.54. The molecule has 1 aromatic heterocycles. The van der Waals surface area contributed by atoms with Crippen molar-refractivity contribution in [2.75, 3.05) is 6.26 Å². The van der Waals surface area contributed by atoms with Crippen LogP contribution in [0.15, 0.2) is 52.3 Å². The van der Waals surface area contributed by atoms with Crippen molar-refractivity contribution in [3.63, 3.8) is 0 Å². The number of aliphatic carboxylic acids is 1. The van der Waals surface area contributed by atoms with Gasteiger partial charge in [-0.15, -0.1) is 0 Å². The van der Waals surface area contributed by atoms with Crippen LogP contribution in [0.3, 0.4) is 0 Å². The number of nitrogens with two attached hydrogens (primary N) is 1. The van der Waals surface area contributed by atoms with Gasteiger partial charge in [-0.2, -0.15) is 0 Å². The fraction of sp³-hybridized carbons (Fsp3) is 0.158. The zero-order valence-electron chi connectivity index (χ0n) is 16.0. The Morgan fingerprint density at radius 3 is 2.07 bits per heavy atom. The van der Waals surface area contributed by atoms with Gasteiger partial charge < -0.3 is 10.8 Å². The Labute approximate surface area is 172 Å². The SMILES string of the molecule is Cc1c(CC(=O)O)c2cc(C(N)=O)ccc2n1S(=O)(=O)c1ccc(S(C)(=O)=O)cc1. The Hall–Kier alpha value is -3.18. The summed E-state index contributed by atoms with van der Waals surface area (Å²) in [5.41, 5.74) is 5.99. The molecular formula is C19H18N2O7S2. The minimum atomic E-state index is -4.19. The van der Waals surface area contributed by atoms with Crippen LogP contribution < -0.4 is 5.73 Å². The maximum absolute atomic E-state index is 13.3. The lowest BCUT2D eigenvalue weighted by molar-refractivity contribution is -0.136. The Balaban J connectivity index is 2.30. The molecule has 11 heteroatoms. The zero-order valence-corrected chi connectivity index (χ0v) is 17.6. The molecule has 0 aliphatic carbocycles. The number of nitrogens with zero attached hydrogens (tertiary/aromatic N) is 1. The largest absolute Gasteiger partial charge is 0.481 e. The fourth-order valence-corrected chi connectivity index (χ4v) is 5.46. The molecule has 3 aromatic rings. The number of carboxylic acid groups (broad SMARTS) is 1. The molecule has 1 heterocycles. The van der Waals surface area contributed by atoms with E-state index in [0.717, 1.165) is 10.2 Å². The molecule has 0 radical (unpaired) electrons. The second-order valence-electron chi connectivity index (χ2n) is 6.74. The highest BCUT2D eigenvalue weighted by molar-refractivity contribution is 7.91. The fourth-order valence-electron chi connectivity index (χ4n) is 3.25. The highest BCUT2D eigenvalue weighted by atomic mass is 32.2. The van der Waals surface area contributed by atoms with Crippen LogP contribution in [0.1, 0.15) is 21.6 Å². The molecule has 0 aliphatic heterocycles. The standard InChI is InChI=1S/C19H18N2O7S2/c1-11-15(10-18(22)23)16-9-12(19(20)24)3-8-17(16)21(11)30(27,28)14-6-4-13(5-7-14)29(2,25)26/h3-9H,10H2,1-2H3,(H2,20,24)(H,22,23). The Morgan fingerprint density at radius 2 is 1.57 bits per heavy atom. The summed E-state index contributed by atoms with van der Waals surface area (Å²) in [4.78, 5) is 22.7. The molecule has 0 saturated heterocycles. The Morgan fingerprint density at radius 1 is 1.00 bits per heavy atom. The van der Waals surface area contributed by atoms with Crippen LogP contribution in [0, 0.1) is 6.92 Å². The molecule has 0 bridgehead atoms. The van der Waals surface area contributed by atoms with Gasteiger partial charge in [0.2, 0.25) is 5.91 Å². The molecule has 30 heavy (non-hydrogen) atoms. The number of aromatic nitrogens is 1. The second kappa shape index (κ2) is 7.26. The second-order valence-corrected chi connectivity index (χ2v) is 10.5. The van der Waals surface area contributed by atoms with Crippen molar-refractivity contribution in [1.29, 1.82) is 0 Å². The number of fused-ring (bicyclic) bond motifs is 1. The normalized spacial score (nSPS) is 12.2. The van der Waals surface area contributed by atoms with Gasteiger partial charge in [0.1, 0.15) is 0 Å². The van der Waals surface area contributed by atoms with Gasteiger partial charge in [0.05, 0.1) is 21.7 Å². The monoisotopic (exact) mass is 450 g/mol. The minimum Gasteiger partial charge on any atom is -0.481 e. The number of hydrogen-bond donors (Lipinski definition) is 2. The number of amides is 1. The maximum atomic E-state index is 13.3. The van der Waals surface area contributed by atoms with Crippen LogP contribution in [0.25, 0.3) is 10.9 Å². The van der Waals surface area contributed by atoms with E-state index < -0.39 is 38.2 Å². The summed E-state index contributed by atoms with van der Waals surface area (Å²) >= 11 is 0. The third-order valence-electron chi connectivity index (χ3n) is 4.68. The molecule has 3 N–H and O–H groups in total. The Bertz CT molecular complexity index is 1400. The summed E-state index contributed by atoms with van der Waals surface area (Å²) in [5.74, 6) is -1.90. The average Bonchev–Trinajstić information content (AvgIpc) is 2.92. The van der Waals surface area contributed by atoms with Crippen molar-refractivity contribution < 1.29 is 31.5 Å². The molecule has 0 aliphatic rings. The molecule has 0 fully saturated rings. The lowest BCUT2D eigenvalue weighted by Crippen LogP contribution is -2.15. The predicted molar refractivity (Wildman–Crippen MR) is 109 cm³/mol.